The topological polar surface area (TPSA) is 151 Å². The van der Waals surface area contributed by atoms with E-state index in [1.165, 1.54) is 0 Å². The first-order valence-corrected chi connectivity index (χ1v) is 3.45. The molecule has 0 aliphatic heterocycles. The fourth-order valence-electron chi connectivity index (χ4n) is 0.755. The Labute approximate surface area is 77.8 Å². The number of rotatable bonds is 3. The van der Waals surface area contributed by atoms with Gasteiger partial charge in [-0.1, -0.05) is 0 Å². The number of nitrogens with two attached hydrogens (primary N) is 1. The Kier molecular flexibility index (Phi) is 2.84. The molecule has 1 atom stereocenters. The molecular weight excluding hydrogens is 190 g/mol. The summed E-state index contributed by atoms with van der Waals surface area (Å²) in [6.45, 7) is 0. The van der Waals surface area contributed by atoms with Crippen LogP contribution in [-0.2, 0) is 4.79 Å². The molecule has 0 radical (unpaired) electrons. The molecule has 5 N–H and O–H groups in total. The molecule has 0 aliphatic rings. The third kappa shape index (κ3) is 2.33. The van der Waals surface area contributed by atoms with Crippen molar-refractivity contribution in [2.24, 2.45) is 5.73 Å². The van der Waals surface area contributed by atoms with Crippen LogP contribution in [0.2, 0.25) is 0 Å². The zero-order chi connectivity index (χ0) is 10.6. The average Bonchev–Trinajstić information content (AvgIpc) is 2.15. The summed E-state index contributed by atoms with van der Waals surface area (Å²) in [6, 6.07) is -1.24. The van der Waals surface area contributed by atoms with Crippen LogP contribution in [0.4, 0.5) is 0 Å². The van der Waals surface area contributed by atoms with E-state index >= 15 is 0 Å². The standard InChI is InChI=1S/C5H7N7O2/c6-5(7)9-3(4(13)14)2-1-8-11-12-10-2/h1,3H,(H,13,14)(H4,6,7,9). The quantitative estimate of drug-likeness (QED) is 0.317. The van der Waals surface area contributed by atoms with Crippen molar-refractivity contribution in [3.63, 3.8) is 0 Å². The van der Waals surface area contributed by atoms with Gasteiger partial charge >= 0.3 is 5.97 Å². The Morgan fingerprint density at radius 2 is 2.36 bits per heavy atom. The predicted octanol–water partition coefficient (Wildman–Crippen LogP) is -2.12. The molecule has 0 aromatic carbocycles. The van der Waals surface area contributed by atoms with Gasteiger partial charge in [-0.3, -0.25) is 5.41 Å². The van der Waals surface area contributed by atoms with Gasteiger partial charge in [0.05, 0.1) is 6.20 Å². The molecule has 9 nitrogen and oxygen atoms in total. The Morgan fingerprint density at radius 1 is 1.64 bits per heavy atom. The predicted molar refractivity (Wildman–Crippen MR) is 43.0 cm³/mol. The van der Waals surface area contributed by atoms with E-state index in [9.17, 15) is 4.79 Å². The van der Waals surface area contributed by atoms with E-state index in [-0.39, 0.29) is 5.69 Å². The summed E-state index contributed by atoms with van der Waals surface area (Å²) in [5.41, 5.74) is 5.02. The Bertz CT molecular complexity index is 339. The smallest absolute Gasteiger partial charge is 0.332 e. The van der Waals surface area contributed by atoms with Gasteiger partial charge in [0.1, 0.15) is 5.69 Å². The lowest BCUT2D eigenvalue weighted by Gasteiger charge is -2.11. The maximum absolute atomic E-state index is 10.7. The summed E-state index contributed by atoms with van der Waals surface area (Å²) in [5, 5.41) is 30.9. The van der Waals surface area contributed by atoms with Crippen LogP contribution in [-0.4, -0.2) is 37.7 Å². The van der Waals surface area contributed by atoms with Gasteiger partial charge in [0.25, 0.3) is 0 Å². The Balaban J connectivity index is 2.89. The number of aromatic nitrogens is 4. The molecule has 1 heterocycles. The van der Waals surface area contributed by atoms with Crippen molar-refractivity contribution in [3.8, 4) is 0 Å². The number of carboxylic acid groups (broad SMARTS) is 1. The lowest BCUT2D eigenvalue weighted by atomic mass is 10.2. The van der Waals surface area contributed by atoms with Crippen LogP contribution >= 0.6 is 0 Å². The van der Waals surface area contributed by atoms with E-state index in [0.29, 0.717) is 0 Å². The highest BCUT2D eigenvalue weighted by atomic mass is 16.4. The number of nitrogens with zero attached hydrogens (tertiary/aromatic N) is 4. The van der Waals surface area contributed by atoms with Gasteiger partial charge in [-0.15, -0.1) is 10.2 Å². The van der Waals surface area contributed by atoms with Gasteiger partial charge < -0.3 is 16.2 Å². The second-order valence-electron chi connectivity index (χ2n) is 2.28. The zero-order valence-electron chi connectivity index (χ0n) is 6.88. The first-order chi connectivity index (χ1) is 6.61. The second-order valence-corrected chi connectivity index (χ2v) is 2.28. The minimum atomic E-state index is -1.24. The number of hydrogen-bond donors (Lipinski definition) is 4. The molecule has 0 fully saturated rings. The lowest BCUT2D eigenvalue weighted by molar-refractivity contribution is -0.139. The van der Waals surface area contributed by atoms with Crippen molar-refractivity contribution < 1.29 is 9.90 Å². The van der Waals surface area contributed by atoms with Crippen molar-refractivity contribution in [3.05, 3.63) is 11.9 Å². The SMILES string of the molecule is N=C(N)NC(C(=O)O)c1cnnnn1. The number of guanidine groups is 1. The summed E-state index contributed by atoms with van der Waals surface area (Å²) in [6.07, 6.45) is 1.13. The molecule has 9 heteroatoms. The normalized spacial score (nSPS) is 11.7. The van der Waals surface area contributed by atoms with Crippen LogP contribution in [0.1, 0.15) is 11.7 Å². The number of nitrogens with one attached hydrogen (secondary N) is 2. The molecule has 0 saturated carbocycles. The van der Waals surface area contributed by atoms with Gasteiger partial charge in [0, 0.05) is 0 Å². The first-order valence-electron chi connectivity index (χ1n) is 3.45. The summed E-state index contributed by atoms with van der Waals surface area (Å²) >= 11 is 0. The minimum absolute atomic E-state index is 0.0303. The van der Waals surface area contributed by atoms with Gasteiger partial charge in [0.2, 0.25) is 0 Å². The van der Waals surface area contributed by atoms with Crippen molar-refractivity contribution in [2.45, 2.75) is 6.04 Å². The van der Waals surface area contributed by atoms with Gasteiger partial charge in [-0.2, -0.15) is 0 Å². The highest BCUT2D eigenvalue weighted by Gasteiger charge is 2.22. The van der Waals surface area contributed by atoms with E-state index in [1.807, 2.05) is 0 Å². The van der Waals surface area contributed by atoms with Crippen molar-refractivity contribution in [1.29, 1.82) is 5.41 Å². The van der Waals surface area contributed by atoms with Crippen molar-refractivity contribution in [2.75, 3.05) is 0 Å². The molecule has 0 amide bonds. The summed E-state index contributed by atoms with van der Waals surface area (Å²) < 4.78 is 0. The molecule has 1 aromatic heterocycles. The summed E-state index contributed by atoms with van der Waals surface area (Å²) in [4.78, 5) is 10.7. The number of hydrogen-bond acceptors (Lipinski definition) is 6. The van der Waals surface area contributed by atoms with Gasteiger partial charge in [-0.25, -0.2) is 4.79 Å². The largest absolute Gasteiger partial charge is 0.479 e. The molecule has 0 bridgehead atoms. The van der Waals surface area contributed by atoms with Crippen molar-refractivity contribution in [1.82, 2.24) is 25.9 Å². The van der Waals surface area contributed by atoms with E-state index < -0.39 is 18.0 Å². The highest BCUT2D eigenvalue weighted by Crippen LogP contribution is 2.05. The third-order valence-electron chi connectivity index (χ3n) is 1.28. The first kappa shape index (κ1) is 9.77. The number of aliphatic carboxylic acids is 1. The van der Waals surface area contributed by atoms with Crippen LogP contribution < -0.4 is 11.1 Å². The van der Waals surface area contributed by atoms with E-state index in [1.54, 1.807) is 0 Å². The molecule has 0 saturated heterocycles. The van der Waals surface area contributed by atoms with Crippen LogP contribution in [0.15, 0.2) is 6.20 Å². The molecule has 1 rings (SSSR count). The average molecular weight is 197 g/mol. The number of carbonyl (C=O) groups is 1. The van der Waals surface area contributed by atoms with E-state index in [2.05, 4.69) is 25.9 Å². The Morgan fingerprint density at radius 3 is 2.79 bits per heavy atom. The lowest BCUT2D eigenvalue weighted by Crippen LogP contribution is -2.38. The second kappa shape index (κ2) is 4.07. The molecule has 0 aliphatic carbocycles. The van der Waals surface area contributed by atoms with Crippen molar-refractivity contribution >= 4 is 11.9 Å². The van der Waals surface area contributed by atoms with Gasteiger partial charge in [0.15, 0.2) is 12.0 Å². The highest BCUT2D eigenvalue weighted by molar-refractivity contribution is 5.83. The third-order valence-corrected chi connectivity index (χ3v) is 1.28. The molecular formula is C5H7N7O2. The fraction of sp³-hybridized carbons (Fsp3) is 0.200. The van der Waals surface area contributed by atoms with Crippen LogP contribution in [0.3, 0.4) is 0 Å². The number of carboxylic acids is 1. The summed E-state index contributed by atoms with van der Waals surface area (Å²) in [7, 11) is 0. The molecule has 74 valence electrons. The molecule has 0 spiro atoms. The molecule has 14 heavy (non-hydrogen) atoms. The van der Waals surface area contributed by atoms with Gasteiger partial charge in [-0.05, 0) is 10.4 Å². The maximum atomic E-state index is 10.7. The molecule has 1 aromatic rings. The summed E-state index contributed by atoms with van der Waals surface area (Å²) in [5.74, 6) is -1.71. The van der Waals surface area contributed by atoms with E-state index in [0.717, 1.165) is 6.20 Å². The zero-order valence-corrected chi connectivity index (χ0v) is 6.88. The monoisotopic (exact) mass is 197 g/mol. The molecule has 1 unspecified atom stereocenters. The van der Waals surface area contributed by atoms with E-state index in [4.69, 9.17) is 16.2 Å². The maximum Gasteiger partial charge on any atom is 0.332 e. The van der Waals surface area contributed by atoms with Crippen LogP contribution in [0.25, 0.3) is 0 Å². The fourth-order valence-corrected chi connectivity index (χ4v) is 0.755. The van der Waals surface area contributed by atoms with Crippen LogP contribution in [0, 0.1) is 5.41 Å². The minimum Gasteiger partial charge on any atom is -0.479 e. The van der Waals surface area contributed by atoms with Crippen LogP contribution in [0.5, 0.6) is 0 Å². The Hall–Kier alpha value is -2.32.